The summed E-state index contributed by atoms with van der Waals surface area (Å²) in [4.78, 5) is 0. The summed E-state index contributed by atoms with van der Waals surface area (Å²) in [5, 5.41) is 3.58. The van der Waals surface area contributed by atoms with Crippen molar-refractivity contribution < 1.29 is 0 Å². The minimum atomic E-state index is 0.358. The van der Waals surface area contributed by atoms with Crippen LogP contribution in [0.15, 0.2) is 71.5 Å². The fourth-order valence-electron chi connectivity index (χ4n) is 2.27. The van der Waals surface area contributed by atoms with Gasteiger partial charge in [0.15, 0.2) is 0 Å². The molecule has 1 heteroatoms. The number of hydrogen-bond donors (Lipinski definition) is 1. The summed E-state index contributed by atoms with van der Waals surface area (Å²) in [6.45, 7) is 0. The Morgan fingerprint density at radius 1 is 1.06 bits per heavy atom. The third kappa shape index (κ3) is 1.69. The van der Waals surface area contributed by atoms with Crippen molar-refractivity contribution in [1.82, 2.24) is 5.32 Å². The van der Waals surface area contributed by atoms with E-state index in [9.17, 15) is 0 Å². The molecular weight excluding hydrogens is 194 g/mol. The molecule has 0 spiro atoms. The zero-order chi connectivity index (χ0) is 10.8. The van der Waals surface area contributed by atoms with E-state index in [1.165, 1.54) is 16.8 Å². The Bertz CT molecular complexity index is 470. The molecule has 2 aliphatic carbocycles. The maximum Gasteiger partial charge on any atom is 0.0701 e. The minimum absolute atomic E-state index is 0.358. The first-order chi connectivity index (χ1) is 7.93. The number of hydrogen-bond acceptors (Lipinski definition) is 1. The summed E-state index contributed by atoms with van der Waals surface area (Å²) in [6, 6.07) is 0.358. The van der Waals surface area contributed by atoms with Crippen molar-refractivity contribution >= 4 is 0 Å². The maximum atomic E-state index is 3.58. The fraction of sp³-hybridized carbons (Fsp3) is 0.200. The van der Waals surface area contributed by atoms with E-state index >= 15 is 0 Å². The van der Waals surface area contributed by atoms with Gasteiger partial charge in [0.05, 0.1) is 6.04 Å². The van der Waals surface area contributed by atoms with Crippen LogP contribution in [0.3, 0.4) is 0 Å². The molecule has 0 aromatic carbocycles. The van der Waals surface area contributed by atoms with Gasteiger partial charge in [-0.1, -0.05) is 48.6 Å². The lowest BCUT2D eigenvalue weighted by atomic mass is 9.94. The molecule has 80 valence electrons. The standard InChI is InChI=1S/C15H15N/c1-2-6-12(7-3-1)15-11-10-13-8-4-5-9-14(13)16-15/h1-2,4-6,8-11,14,16H,3,7H2. The first kappa shape index (κ1) is 9.46. The van der Waals surface area contributed by atoms with Crippen molar-refractivity contribution in [3.05, 3.63) is 71.5 Å². The molecule has 1 unspecified atom stereocenters. The normalized spacial score (nSPS) is 26.5. The summed E-state index contributed by atoms with van der Waals surface area (Å²) in [5.41, 5.74) is 4.04. The Hall–Kier alpha value is -1.76. The summed E-state index contributed by atoms with van der Waals surface area (Å²) < 4.78 is 0. The average molecular weight is 209 g/mol. The molecule has 1 aliphatic heterocycles. The van der Waals surface area contributed by atoms with Crippen LogP contribution in [0.4, 0.5) is 0 Å². The van der Waals surface area contributed by atoms with Gasteiger partial charge in [0.1, 0.15) is 0 Å². The van der Waals surface area contributed by atoms with Crippen LogP contribution in [0, 0.1) is 0 Å². The van der Waals surface area contributed by atoms with Crippen molar-refractivity contribution in [3.8, 4) is 0 Å². The topological polar surface area (TPSA) is 12.0 Å². The molecule has 16 heavy (non-hydrogen) atoms. The van der Waals surface area contributed by atoms with E-state index in [2.05, 4.69) is 60.0 Å². The predicted octanol–water partition coefficient (Wildman–Crippen LogP) is 3.17. The Balaban J connectivity index is 1.88. The molecule has 0 amide bonds. The lowest BCUT2D eigenvalue weighted by molar-refractivity contribution is 0.739. The van der Waals surface area contributed by atoms with Gasteiger partial charge in [-0.05, 0) is 30.1 Å². The zero-order valence-electron chi connectivity index (χ0n) is 9.19. The molecule has 0 bridgehead atoms. The van der Waals surface area contributed by atoms with Crippen molar-refractivity contribution in [2.24, 2.45) is 0 Å². The molecular formula is C15H15N. The molecule has 0 saturated heterocycles. The molecule has 1 nitrogen and oxygen atoms in total. The second-order valence-electron chi connectivity index (χ2n) is 4.27. The molecule has 0 saturated carbocycles. The number of fused-ring (bicyclic) bond motifs is 1. The Labute approximate surface area is 96.2 Å². The molecule has 1 heterocycles. The van der Waals surface area contributed by atoms with Crippen LogP contribution in [-0.4, -0.2) is 6.04 Å². The first-order valence-corrected chi connectivity index (χ1v) is 5.83. The molecule has 1 atom stereocenters. The molecule has 0 aromatic heterocycles. The van der Waals surface area contributed by atoms with Crippen LogP contribution in [0.5, 0.6) is 0 Å². The second kappa shape index (κ2) is 4.01. The van der Waals surface area contributed by atoms with Gasteiger partial charge in [0.2, 0.25) is 0 Å². The van der Waals surface area contributed by atoms with Crippen molar-refractivity contribution in [3.63, 3.8) is 0 Å². The van der Waals surface area contributed by atoms with Gasteiger partial charge in [-0.25, -0.2) is 0 Å². The molecule has 1 N–H and O–H groups in total. The van der Waals surface area contributed by atoms with E-state index in [1.807, 2.05) is 0 Å². The number of nitrogens with one attached hydrogen (secondary N) is 1. The number of allylic oxidation sites excluding steroid dienone is 8. The van der Waals surface area contributed by atoms with Crippen molar-refractivity contribution in [2.75, 3.05) is 0 Å². The van der Waals surface area contributed by atoms with E-state index in [0.29, 0.717) is 6.04 Å². The van der Waals surface area contributed by atoms with Crippen molar-refractivity contribution in [2.45, 2.75) is 18.9 Å². The molecule has 0 fully saturated rings. The first-order valence-electron chi connectivity index (χ1n) is 5.83. The summed E-state index contributed by atoms with van der Waals surface area (Å²) >= 11 is 0. The Morgan fingerprint density at radius 3 is 2.94 bits per heavy atom. The SMILES string of the molecule is C1=CCCC(C2=CC=C3C=CC=CC3N2)=C1. The lowest BCUT2D eigenvalue weighted by Crippen LogP contribution is -2.32. The van der Waals surface area contributed by atoms with Crippen LogP contribution in [0.1, 0.15) is 12.8 Å². The monoisotopic (exact) mass is 209 g/mol. The Morgan fingerprint density at radius 2 is 2.06 bits per heavy atom. The molecule has 3 aliphatic rings. The van der Waals surface area contributed by atoms with Gasteiger partial charge in [-0.3, -0.25) is 0 Å². The smallest absolute Gasteiger partial charge is 0.0701 e. The van der Waals surface area contributed by atoms with Gasteiger partial charge in [0.25, 0.3) is 0 Å². The van der Waals surface area contributed by atoms with E-state index in [1.54, 1.807) is 0 Å². The maximum absolute atomic E-state index is 3.58. The van der Waals surface area contributed by atoms with Crippen LogP contribution in [0.25, 0.3) is 0 Å². The highest BCUT2D eigenvalue weighted by Gasteiger charge is 2.17. The van der Waals surface area contributed by atoms with Gasteiger partial charge in [-0.15, -0.1) is 0 Å². The number of dihydropyridines is 1. The fourth-order valence-corrected chi connectivity index (χ4v) is 2.27. The third-order valence-electron chi connectivity index (χ3n) is 3.18. The van der Waals surface area contributed by atoms with Crippen LogP contribution in [-0.2, 0) is 0 Å². The predicted molar refractivity (Wildman–Crippen MR) is 67.8 cm³/mol. The molecule has 0 aromatic rings. The van der Waals surface area contributed by atoms with Gasteiger partial charge < -0.3 is 5.32 Å². The summed E-state index contributed by atoms with van der Waals surface area (Å²) in [6.07, 6.45) is 21.9. The highest BCUT2D eigenvalue weighted by Crippen LogP contribution is 2.24. The van der Waals surface area contributed by atoms with E-state index in [4.69, 9.17) is 0 Å². The van der Waals surface area contributed by atoms with E-state index < -0.39 is 0 Å². The molecule has 0 radical (unpaired) electrons. The minimum Gasteiger partial charge on any atom is -0.374 e. The van der Waals surface area contributed by atoms with Crippen LogP contribution >= 0.6 is 0 Å². The number of rotatable bonds is 1. The third-order valence-corrected chi connectivity index (χ3v) is 3.18. The van der Waals surface area contributed by atoms with E-state index in [-0.39, 0.29) is 0 Å². The quantitative estimate of drug-likeness (QED) is 0.699. The average Bonchev–Trinajstić information content (AvgIpc) is 2.39. The summed E-state index contributed by atoms with van der Waals surface area (Å²) in [5.74, 6) is 0. The van der Waals surface area contributed by atoms with Crippen LogP contribution < -0.4 is 5.32 Å². The lowest BCUT2D eigenvalue weighted by Gasteiger charge is -2.27. The second-order valence-corrected chi connectivity index (χ2v) is 4.27. The highest BCUT2D eigenvalue weighted by atomic mass is 14.9. The van der Waals surface area contributed by atoms with Gasteiger partial charge in [-0.2, -0.15) is 0 Å². The Kier molecular flexibility index (Phi) is 2.37. The van der Waals surface area contributed by atoms with Crippen molar-refractivity contribution in [1.29, 1.82) is 0 Å². The zero-order valence-corrected chi connectivity index (χ0v) is 9.19. The summed E-state index contributed by atoms with van der Waals surface area (Å²) in [7, 11) is 0. The highest BCUT2D eigenvalue weighted by molar-refractivity contribution is 5.48. The largest absolute Gasteiger partial charge is 0.374 e. The van der Waals surface area contributed by atoms with E-state index in [0.717, 1.165) is 12.8 Å². The van der Waals surface area contributed by atoms with Crippen LogP contribution in [0.2, 0.25) is 0 Å². The van der Waals surface area contributed by atoms with Gasteiger partial charge >= 0.3 is 0 Å². The molecule has 3 rings (SSSR count). The van der Waals surface area contributed by atoms with Gasteiger partial charge in [0, 0.05) is 5.70 Å².